The number of aromatic amines is 1. The molecule has 3 aromatic rings. The van der Waals surface area contributed by atoms with Crippen molar-refractivity contribution in [1.82, 2.24) is 9.78 Å². The van der Waals surface area contributed by atoms with Crippen LogP contribution in [0.25, 0.3) is 5.69 Å². The molecule has 0 radical (unpaired) electrons. The Bertz CT molecular complexity index is 1130. The molecule has 0 atom stereocenters. The van der Waals surface area contributed by atoms with Gasteiger partial charge in [-0.15, -0.1) is 5.11 Å². The van der Waals surface area contributed by atoms with Gasteiger partial charge in [0, 0.05) is 11.1 Å². The molecule has 0 saturated carbocycles. The minimum absolute atomic E-state index is 0.00411. The average Bonchev–Trinajstić information content (AvgIpc) is 2.90. The molecule has 138 valence electrons. The Kier molecular flexibility index (Phi) is 5.11. The van der Waals surface area contributed by atoms with Crippen molar-refractivity contribution in [2.75, 3.05) is 0 Å². The molecule has 1 aromatic heterocycles. The predicted molar refractivity (Wildman–Crippen MR) is 103 cm³/mol. The zero-order valence-corrected chi connectivity index (χ0v) is 15.7. The highest BCUT2D eigenvalue weighted by molar-refractivity contribution is 6.32. The Morgan fingerprint density at radius 2 is 1.85 bits per heavy atom. The second kappa shape index (κ2) is 7.34. The molecular weight excluding hydrogens is 393 g/mol. The van der Waals surface area contributed by atoms with Crippen molar-refractivity contribution in [3.63, 3.8) is 0 Å². The van der Waals surface area contributed by atoms with E-state index in [1.54, 1.807) is 32.0 Å². The molecule has 0 aliphatic heterocycles. The normalized spacial score (nSPS) is 11.3. The Balaban J connectivity index is 2.02. The zero-order chi connectivity index (χ0) is 19.7. The Labute approximate surface area is 163 Å². The van der Waals surface area contributed by atoms with Gasteiger partial charge in [-0.1, -0.05) is 29.3 Å². The number of aryl methyl sites for hydroxylation is 1. The molecule has 0 amide bonds. The van der Waals surface area contributed by atoms with Crippen LogP contribution in [-0.4, -0.2) is 14.7 Å². The molecule has 0 aliphatic carbocycles. The Morgan fingerprint density at radius 3 is 2.56 bits per heavy atom. The van der Waals surface area contributed by atoms with Crippen LogP contribution in [0.2, 0.25) is 10.0 Å². The number of azo groups is 1. The molecule has 0 spiro atoms. The summed E-state index contributed by atoms with van der Waals surface area (Å²) in [6, 6.07) is 9.23. The summed E-state index contributed by atoms with van der Waals surface area (Å²) in [7, 11) is 0. The van der Waals surface area contributed by atoms with E-state index < -0.39 is 10.5 Å². The maximum Gasteiger partial charge on any atom is 0.299 e. The van der Waals surface area contributed by atoms with Crippen molar-refractivity contribution in [2.24, 2.45) is 10.2 Å². The molecule has 8 nitrogen and oxygen atoms in total. The average molecular weight is 406 g/mol. The number of halogens is 2. The first-order valence-corrected chi connectivity index (χ1v) is 8.48. The summed E-state index contributed by atoms with van der Waals surface area (Å²) in [4.78, 5) is 23.1. The highest BCUT2D eigenvalue weighted by Gasteiger charge is 2.16. The molecule has 3 rings (SSSR count). The summed E-state index contributed by atoms with van der Waals surface area (Å²) >= 11 is 11.9. The van der Waals surface area contributed by atoms with E-state index in [2.05, 4.69) is 15.3 Å². The van der Waals surface area contributed by atoms with E-state index in [0.717, 1.165) is 5.56 Å². The van der Waals surface area contributed by atoms with E-state index in [9.17, 15) is 14.9 Å². The lowest BCUT2D eigenvalue weighted by Crippen LogP contribution is -2.15. The van der Waals surface area contributed by atoms with Crippen LogP contribution in [0.15, 0.2) is 51.4 Å². The number of nitro groups is 1. The van der Waals surface area contributed by atoms with Gasteiger partial charge in [-0.05, 0) is 43.7 Å². The van der Waals surface area contributed by atoms with Crippen LogP contribution in [0, 0.1) is 24.0 Å². The summed E-state index contributed by atoms with van der Waals surface area (Å²) in [6.45, 7) is 3.48. The number of benzene rings is 2. The first-order valence-electron chi connectivity index (χ1n) is 7.72. The number of hydrogen-bond acceptors (Lipinski definition) is 5. The fraction of sp³-hybridized carbons (Fsp3) is 0.118. The van der Waals surface area contributed by atoms with Crippen LogP contribution in [0.4, 0.5) is 17.1 Å². The maximum absolute atomic E-state index is 12.7. The van der Waals surface area contributed by atoms with E-state index >= 15 is 0 Å². The highest BCUT2D eigenvalue weighted by Crippen LogP contribution is 2.30. The first-order chi connectivity index (χ1) is 12.8. The van der Waals surface area contributed by atoms with Crippen molar-refractivity contribution in [3.05, 3.63) is 78.2 Å². The molecule has 0 unspecified atom stereocenters. The molecule has 0 fully saturated rings. The first kappa shape index (κ1) is 18.8. The molecule has 1 N–H and O–H groups in total. The second-order valence-electron chi connectivity index (χ2n) is 5.70. The Morgan fingerprint density at radius 1 is 1.11 bits per heavy atom. The van der Waals surface area contributed by atoms with Gasteiger partial charge in [-0.25, -0.2) is 4.68 Å². The third-order valence-electron chi connectivity index (χ3n) is 3.91. The lowest BCUT2D eigenvalue weighted by molar-refractivity contribution is -0.384. The minimum atomic E-state index is -0.613. The summed E-state index contributed by atoms with van der Waals surface area (Å²) in [5, 5.41) is 22.3. The third-order valence-corrected chi connectivity index (χ3v) is 4.64. The number of nitrogens with one attached hydrogen (secondary N) is 1. The smallest absolute Gasteiger partial charge is 0.293 e. The molecular formula is C17H13Cl2N5O3. The standard InChI is InChI=1S/C17H13Cl2N5O3/c1-9-12(18)4-3-5-14(9)23-17(25)16(10(2)22-23)21-20-11-6-7-13(19)15(8-11)24(26)27/h3-8,22H,1-2H3. The lowest BCUT2D eigenvalue weighted by atomic mass is 10.2. The van der Waals surface area contributed by atoms with Crippen molar-refractivity contribution in [2.45, 2.75) is 13.8 Å². The molecule has 10 heteroatoms. The summed E-state index contributed by atoms with van der Waals surface area (Å²) in [6.07, 6.45) is 0. The van der Waals surface area contributed by atoms with Crippen molar-refractivity contribution in [1.29, 1.82) is 0 Å². The Hall–Kier alpha value is -2.97. The molecule has 2 aromatic carbocycles. The van der Waals surface area contributed by atoms with E-state index in [1.807, 2.05) is 0 Å². The SMILES string of the molecule is Cc1[nH]n(-c2cccc(Cl)c2C)c(=O)c1N=Nc1ccc(Cl)c([N+](=O)[O-])c1. The van der Waals surface area contributed by atoms with Crippen LogP contribution < -0.4 is 5.56 Å². The highest BCUT2D eigenvalue weighted by atomic mass is 35.5. The monoisotopic (exact) mass is 405 g/mol. The van der Waals surface area contributed by atoms with Crippen LogP contribution in [0.1, 0.15) is 11.3 Å². The molecule has 0 saturated heterocycles. The summed E-state index contributed by atoms with van der Waals surface area (Å²) in [5.41, 5.74) is 1.42. The van der Waals surface area contributed by atoms with Crippen molar-refractivity contribution < 1.29 is 4.92 Å². The largest absolute Gasteiger partial charge is 0.299 e. The van der Waals surface area contributed by atoms with E-state index in [1.165, 1.54) is 22.9 Å². The molecule has 0 aliphatic rings. The van der Waals surface area contributed by atoms with Crippen LogP contribution in [0.3, 0.4) is 0 Å². The van der Waals surface area contributed by atoms with Crippen molar-refractivity contribution in [3.8, 4) is 5.69 Å². The summed E-state index contributed by atoms with van der Waals surface area (Å²) in [5.74, 6) is 0. The van der Waals surface area contributed by atoms with Crippen LogP contribution in [-0.2, 0) is 0 Å². The van der Waals surface area contributed by atoms with Gasteiger partial charge >= 0.3 is 0 Å². The maximum atomic E-state index is 12.7. The summed E-state index contributed by atoms with van der Waals surface area (Å²) < 4.78 is 1.33. The lowest BCUT2D eigenvalue weighted by Gasteiger charge is -2.06. The van der Waals surface area contributed by atoms with Crippen LogP contribution in [0.5, 0.6) is 0 Å². The number of nitro benzene ring substituents is 1. The quantitative estimate of drug-likeness (QED) is 0.356. The number of rotatable bonds is 4. The van der Waals surface area contributed by atoms with Crippen LogP contribution >= 0.6 is 23.2 Å². The van der Waals surface area contributed by atoms with Gasteiger partial charge in [0.15, 0.2) is 5.69 Å². The number of nitrogens with zero attached hydrogens (tertiary/aromatic N) is 4. The molecule has 27 heavy (non-hydrogen) atoms. The van der Waals surface area contributed by atoms with Gasteiger partial charge in [-0.3, -0.25) is 20.0 Å². The topological polar surface area (TPSA) is 106 Å². The van der Waals surface area contributed by atoms with E-state index in [-0.39, 0.29) is 22.1 Å². The van der Waals surface area contributed by atoms with Crippen molar-refractivity contribution >= 4 is 40.3 Å². The minimum Gasteiger partial charge on any atom is -0.293 e. The molecule has 0 bridgehead atoms. The van der Waals surface area contributed by atoms with E-state index in [0.29, 0.717) is 16.4 Å². The molecule has 1 heterocycles. The van der Waals surface area contributed by atoms with E-state index in [4.69, 9.17) is 23.2 Å². The zero-order valence-electron chi connectivity index (χ0n) is 14.2. The number of hydrogen-bond donors (Lipinski definition) is 1. The number of aromatic nitrogens is 2. The van der Waals surface area contributed by atoms with Gasteiger partial charge in [0.05, 0.1) is 22.0 Å². The van der Waals surface area contributed by atoms with Gasteiger partial charge in [-0.2, -0.15) is 5.11 Å². The number of H-pyrrole nitrogens is 1. The second-order valence-corrected chi connectivity index (χ2v) is 6.52. The van der Waals surface area contributed by atoms with Gasteiger partial charge < -0.3 is 0 Å². The predicted octanol–water partition coefficient (Wildman–Crippen LogP) is 5.41. The van der Waals surface area contributed by atoms with Gasteiger partial charge in [0.25, 0.3) is 11.2 Å². The van der Waals surface area contributed by atoms with Gasteiger partial charge in [0.2, 0.25) is 0 Å². The van der Waals surface area contributed by atoms with Gasteiger partial charge in [0.1, 0.15) is 5.02 Å². The fourth-order valence-electron chi connectivity index (χ4n) is 2.47. The fourth-order valence-corrected chi connectivity index (χ4v) is 2.83. The third kappa shape index (κ3) is 3.62.